The number of nitrogens with zero attached hydrogens (tertiary/aromatic N) is 1. The van der Waals surface area contributed by atoms with Crippen LogP contribution in [0.25, 0.3) is 17.0 Å². The van der Waals surface area contributed by atoms with Crippen LogP contribution in [0.2, 0.25) is 0 Å². The highest BCUT2D eigenvalue weighted by Gasteiger charge is 2.30. The lowest BCUT2D eigenvalue weighted by molar-refractivity contribution is 0.415. The van der Waals surface area contributed by atoms with Crippen molar-refractivity contribution in [2.45, 2.75) is 6.92 Å². The standard InChI is InChI=1S/C30H25NO/c1-21-14-19-27-22(2)31(25-15-17-26(32-3)18-16-25)30(24-12-8-5-9-13-24)29(28(27)20-21)23-10-6-4-7-11-23/h4-20H,2H2,1,3H3. The number of rotatable bonds is 4. The lowest BCUT2D eigenvalue weighted by Crippen LogP contribution is -2.25. The average Bonchev–Trinajstić information content (AvgIpc) is 2.85. The molecule has 0 aliphatic carbocycles. The Bertz CT molecular complexity index is 1300. The quantitative estimate of drug-likeness (QED) is 0.344. The van der Waals surface area contributed by atoms with Gasteiger partial charge in [0.2, 0.25) is 0 Å². The third kappa shape index (κ3) is 3.40. The maximum absolute atomic E-state index is 5.40. The number of hydrogen-bond acceptors (Lipinski definition) is 2. The highest BCUT2D eigenvalue weighted by molar-refractivity contribution is 6.14. The number of fused-ring (bicyclic) bond motifs is 1. The van der Waals surface area contributed by atoms with Crippen molar-refractivity contribution in [2.24, 2.45) is 0 Å². The van der Waals surface area contributed by atoms with Gasteiger partial charge in [0.1, 0.15) is 5.75 Å². The Hall–Kier alpha value is -4.04. The SMILES string of the molecule is C=C1c2ccc(C)cc2C(c2ccccc2)=C(c2ccccc2)N1c1ccc(OC)cc1. The number of benzene rings is 4. The maximum atomic E-state index is 5.40. The van der Waals surface area contributed by atoms with Crippen LogP contribution in [0.4, 0.5) is 5.69 Å². The molecule has 32 heavy (non-hydrogen) atoms. The molecule has 0 unspecified atom stereocenters. The van der Waals surface area contributed by atoms with E-state index in [2.05, 4.69) is 109 Å². The van der Waals surface area contributed by atoms with E-state index in [1.54, 1.807) is 7.11 Å². The van der Waals surface area contributed by atoms with E-state index >= 15 is 0 Å². The average molecular weight is 416 g/mol. The van der Waals surface area contributed by atoms with Gasteiger partial charge in [-0.25, -0.2) is 0 Å². The van der Waals surface area contributed by atoms with Crippen LogP contribution in [0.1, 0.15) is 27.8 Å². The summed E-state index contributed by atoms with van der Waals surface area (Å²) >= 11 is 0. The summed E-state index contributed by atoms with van der Waals surface area (Å²) in [5, 5.41) is 0. The predicted molar refractivity (Wildman–Crippen MR) is 134 cm³/mol. The minimum absolute atomic E-state index is 0.834. The van der Waals surface area contributed by atoms with Crippen molar-refractivity contribution in [2.75, 3.05) is 12.0 Å². The minimum atomic E-state index is 0.834. The molecule has 1 aliphatic rings. The summed E-state index contributed by atoms with van der Waals surface area (Å²) in [6.45, 7) is 6.69. The van der Waals surface area contributed by atoms with Gasteiger partial charge in [0.05, 0.1) is 12.8 Å². The van der Waals surface area contributed by atoms with Gasteiger partial charge >= 0.3 is 0 Å². The number of methoxy groups -OCH3 is 1. The lowest BCUT2D eigenvalue weighted by atomic mass is 9.84. The van der Waals surface area contributed by atoms with E-state index in [1.807, 2.05) is 12.1 Å². The van der Waals surface area contributed by atoms with Crippen molar-refractivity contribution in [1.29, 1.82) is 0 Å². The Morgan fingerprint density at radius 2 is 1.31 bits per heavy atom. The largest absolute Gasteiger partial charge is 0.497 e. The first-order valence-corrected chi connectivity index (χ1v) is 10.8. The summed E-state index contributed by atoms with van der Waals surface area (Å²) in [6, 6.07) is 36.0. The zero-order valence-corrected chi connectivity index (χ0v) is 18.4. The van der Waals surface area contributed by atoms with Gasteiger partial charge in [-0.1, -0.05) is 91.0 Å². The predicted octanol–water partition coefficient (Wildman–Crippen LogP) is 7.41. The first-order valence-electron chi connectivity index (χ1n) is 10.8. The molecule has 0 spiro atoms. The molecular weight excluding hydrogens is 390 g/mol. The molecule has 1 heterocycles. The summed E-state index contributed by atoms with van der Waals surface area (Å²) in [7, 11) is 1.69. The molecule has 156 valence electrons. The van der Waals surface area contributed by atoms with Gasteiger partial charge in [-0.2, -0.15) is 0 Å². The van der Waals surface area contributed by atoms with Gasteiger partial charge in [-0.3, -0.25) is 0 Å². The minimum Gasteiger partial charge on any atom is -0.497 e. The van der Waals surface area contributed by atoms with Gasteiger partial charge in [-0.15, -0.1) is 0 Å². The Labute approximate surface area is 189 Å². The van der Waals surface area contributed by atoms with E-state index in [1.165, 1.54) is 22.3 Å². The number of hydrogen-bond donors (Lipinski definition) is 0. The molecule has 4 aromatic carbocycles. The number of aryl methyl sites for hydroxylation is 1. The molecule has 5 rings (SSSR count). The second kappa shape index (κ2) is 8.24. The Morgan fingerprint density at radius 3 is 1.94 bits per heavy atom. The molecule has 0 radical (unpaired) electrons. The van der Waals surface area contributed by atoms with Crippen molar-refractivity contribution < 1.29 is 4.74 Å². The van der Waals surface area contributed by atoms with Crippen LogP contribution in [0, 0.1) is 6.92 Å². The van der Waals surface area contributed by atoms with Crippen molar-refractivity contribution in [3.63, 3.8) is 0 Å². The second-order valence-electron chi connectivity index (χ2n) is 7.98. The van der Waals surface area contributed by atoms with E-state index in [9.17, 15) is 0 Å². The van der Waals surface area contributed by atoms with Crippen LogP contribution < -0.4 is 9.64 Å². The first kappa shape index (κ1) is 19.9. The highest BCUT2D eigenvalue weighted by atomic mass is 16.5. The molecule has 1 aliphatic heterocycles. The zero-order valence-electron chi connectivity index (χ0n) is 18.4. The monoisotopic (exact) mass is 415 g/mol. The lowest BCUT2D eigenvalue weighted by Gasteiger charge is -2.37. The van der Waals surface area contributed by atoms with E-state index in [0.717, 1.165) is 34.0 Å². The topological polar surface area (TPSA) is 12.5 Å². The molecule has 0 fully saturated rings. The Morgan fingerprint density at radius 1 is 0.688 bits per heavy atom. The van der Waals surface area contributed by atoms with Gasteiger partial charge in [-0.05, 0) is 47.9 Å². The molecule has 0 saturated carbocycles. The first-order chi connectivity index (χ1) is 15.7. The molecule has 2 heteroatoms. The molecule has 4 aromatic rings. The van der Waals surface area contributed by atoms with E-state index in [4.69, 9.17) is 4.74 Å². The maximum Gasteiger partial charge on any atom is 0.119 e. The smallest absolute Gasteiger partial charge is 0.119 e. The fraction of sp³-hybridized carbons (Fsp3) is 0.0667. The fourth-order valence-corrected chi connectivity index (χ4v) is 4.39. The molecule has 0 aromatic heterocycles. The normalized spacial score (nSPS) is 13.2. The van der Waals surface area contributed by atoms with Crippen LogP contribution in [0.3, 0.4) is 0 Å². The number of anilines is 1. The summed E-state index contributed by atoms with van der Waals surface area (Å²) in [5.74, 6) is 0.834. The molecular formula is C30H25NO. The van der Waals surface area contributed by atoms with Crippen LogP contribution in [0.5, 0.6) is 5.75 Å². The molecule has 0 amide bonds. The molecule has 0 atom stereocenters. The van der Waals surface area contributed by atoms with Gasteiger partial charge in [0.25, 0.3) is 0 Å². The summed E-state index contributed by atoms with van der Waals surface area (Å²) in [5.41, 5.74) is 10.3. The van der Waals surface area contributed by atoms with Crippen LogP contribution >= 0.6 is 0 Å². The van der Waals surface area contributed by atoms with Crippen molar-refractivity contribution >= 4 is 22.7 Å². The van der Waals surface area contributed by atoms with Crippen molar-refractivity contribution in [1.82, 2.24) is 0 Å². The molecule has 2 nitrogen and oxygen atoms in total. The van der Waals surface area contributed by atoms with Crippen LogP contribution in [-0.2, 0) is 0 Å². The van der Waals surface area contributed by atoms with Crippen molar-refractivity contribution in [3.05, 3.63) is 138 Å². The van der Waals surface area contributed by atoms with Crippen LogP contribution in [-0.4, -0.2) is 7.11 Å². The second-order valence-corrected chi connectivity index (χ2v) is 7.98. The van der Waals surface area contributed by atoms with Crippen LogP contribution in [0.15, 0.2) is 110 Å². The Balaban J connectivity index is 1.87. The van der Waals surface area contributed by atoms with Gasteiger partial charge in [0.15, 0.2) is 0 Å². The van der Waals surface area contributed by atoms with E-state index < -0.39 is 0 Å². The number of ether oxygens (including phenoxy) is 1. The highest BCUT2D eigenvalue weighted by Crippen LogP contribution is 2.47. The Kier molecular flexibility index (Phi) is 5.12. The van der Waals surface area contributed by atoms with Gasteiger partial charge in [0, 0.05) is 22.5 Å². The van der Waals surface area contributed by atoms with E-state index in [0.29, 0.717) is 0 Å². The summed E-state index contributed by atoms with van der Waals surface area (Å²) in [6.07, 6.45) is 0. The third-order valence-electron chi connectivity index (χ3n) is 5.93. The van der Waals surface area contributed by atoms with Crippen molar-refractivity contribution in [3.8, 4) is 5.75 Å². The van der Waals surface area contributed by atoms with E-state index in [-0.39, 0.29) is 0 Å². The molecule has 0 N–H and O–H groups in total. The summed E-state index contributed by atoms with van der Waals surface area (Å²) in [4.78, 5) is 2.27. The third-order valence-corrected chi connectivity index (χ3v) is 5.93. The molecule has 0 saturated heterocycles. The zero-order chi connectivity index (χ0) is 22.1. The summed E-state index contributed by atoms with van der Waals surface area (Å²) < 4.78 is 5.40. The van der Waals surface area contributed by atoms with Gasteiger partial charge < -0.3 is 9.64 Å². The molecule has 0 bridgehead atoms. The fourth-order valence-electron chi connectivity index (χ4n) is 4.39.